The molecule has 1 saturated carbocycles. The molecule has 16 nitrogen and oxygen atoms in total. The SMILES string of the molecule is CC(C)C[C@H](CO)C(C)C.CC(C)[C@@H](CO)CC1CC1.CCCCC(C(C)C)C(C)O.CCCC[C@@H](C(C)C)[C@@H](C)O.CCCC[C@@H](C(C)C)[C@H](C)O.CCCC[C@H](C(=O)NCCO)C(C)C.CCCC[C@H](CO)C(C)C.CCC[C@@H](C(C)C)C(F)(F)F.CCC[C@H](C(=O)OC)C(C)C.CCC[C@H](C(N)=O)C(C)C.CCC[C@H](C)C(C)C.CCC[C@H](CO)C(C)C.CC[C@H](C)[C@H](CO)C(C)C.CSCC[C@H](CO)C(C)C. The fourth-order valence-electron chi connectivity index (χ4n) is 17.4. The van der Waals surface area contributed by atoms with Crippen LogP contribution in [0.1, 0.15) is 518 Å². The summed E-state index contributed by atoms with van der Waals surface area (Å²) in [6.45, 7) is 99.9. The van der Waals surface area contributed by atoms with E-state index in [1.807, 2.05) is 46.4 Å². The molecule has 896 valence electrons. The minimum Gasteiger partial charge on any atom is -0.469 e. The van der Waals surface area contributed by atoms with E-state index in [0.717, 1.165) is 82.0 Å². The summed E-state index contributed by atoms with van der Waals surface area (Å²) >= 11 is 1.85. The summed E-state index contributed by atoms with van der Waals surface area (Å²) in [5, 5.41) is 93.1. The van der Waals surface area contributed by atoms with Gasteiger partial charge in [-0.25, -0.2) is 0 Å². The van der Waals surface area contributed by atoms with E-state index in [1.165, 1.54) is 135 Å². The Hall–Kier alpha value is -1.85. The van der Waals surface area contributed by atoms with Gasteiger partial charge in [-0.15, -0.1) is 0 Å². The molecule has 0 aromatic carbocycles. The molecule has 0 saturated heterocycles. The van der Waals surface area contributed by atoms with Gasteiger partial charge in [0, 0.05) is 58.0 Å². The molecule has 1 fully saturated rings. The Bertz CT molecular complexity index is 2430. The molecule has 0 heterocycles. The van der Waals surface area contributed by atoms with E-state index in [1.54, 1.807) is 20.8 Å². The van der Waals surface area contributed by atoms with E-state index < -0.39 is 12.1 Å². The van der Waals surface area contributed by atoms with Gasteiger partial charge in [-0.05, 0) is 270 Å². The number of nitrogens with two attached hydrogens (primary N) is 1. The van der Waals surface area contributed by atoms with Gasteiger partial charge in [0.05, 0.1) is 43.9 Å². The number of nitrogens with one attached hydrogen (secondary N) is 1. The standard InChI is InChI=1S/C11H23NO2.3C10H22O.C9H18O2.C9H18O.3C9H20O.C8H15F3.C8H17NO.C8H18OS.C8H18O.C8H18/c1-4-5-6-10(9(2)3)11(14)12-7-8-13;3*1-5-6-7-10(8(2)3)9(4)11;1-5-6-8(7(2)3)9(10)11-4;1-7(2)9(6-10)5-8-3-4-8;1-7(2)5-9(6-10)8(3)4;1-5-8(4)9(6-10)7(2)3;1-4-5-6-9(7-10)8(2)3;1-4-5-7(6(2)3)8(9,10)11;1-4-5-7(6(2)3)8(9)10;1-7(2)8(6-9)4-5-10-3;1-4-5-8(6-9)7(2)3;1-5-6-8(4)7(2)3/h9-10,13H,4-8H2,1-3H3,(H,12,14);3*8-11H,5-7H2,1-4H3;7-8H,5-6H2,1-4H3;7-10H,3-6H2,1-2H3;2*7-10H,5-6H2,1-4H3;8-10H,4-7H2,1-3H3;6-7H,4-5H2,1-3H3;6-7H,4-5H2,1-3H3,(H2,9,10);7-9H,4-6H2,1-3H3;7-9H,4-6H2,1-3H3;7-8H,5-6H2,1-4H3/t10-;9-,10+;9-,10-;;8-;2*9-;8-,9+;9-;2*7-;3*8-/m010.0110100110/s1. The summed E-state index contributed by atoms with van der Waals surface area (Å²) in [6, 6.07) is 0. The second kappa shape index (κ2) is 116. The number of aliphatic hydroxyl groups excluding tert-OH is 10. The minimum absolute atomic E-state index is 0.0182. The zero-order valence-electron chi connectivity index (χ0n) is 107. The number of unbranched alkanes of at least 4 members (excludes halogenated alkanes) is 5. The first-order valence-corrected chi connectivity index (χ1v) is 61.7. The van der Waals surface area contributed by atoms with Gasteiger partial charge < -0.3 is 66.9 Å². The first kappa shape index (κ1) is 172. The third-order valence-corrected chi connectivity index (χ3v) is 30.3. The fraction of sp³-hybridized carbons (Fsp3) is 0.976. The molecular formula is C126H271F3N2O14S. The van der Waals surface area contributed by atoms with Gasteiger partial charge in [0.25, 0.3) is 0 Å². The maximum Gasteiger partial charge on any atom is 0.392 e. The molecule has 1 rings (SSSR count). The molecule has 2 unspecified atom stereocenters. The molecule has 1 aliphatic carbocycles. The molecule has 0 bridgehead atoms. The average Bonchev–Trinajstić information content (AvgIpc) is 1.87. The van der Waals surface area contributed by atoms with Crippen LogP contribution in [0.2, 0.25) is 0 Å². The molecular weight excluding hydrogens is 1850 g/mol. The molecule has 0 aromatic heterocycles. The number of ether oxygens (including phenoxy) is 1. The van der Waals surface area contributed by atoms with Crippen LogP contribution < -0.4 is 11.1 Å². The normalized spacial score (nSPS) is 15.5. The summed E-state index contributed by atoms with van der Waals surface area (Å²) in [5.41, 5.74) is 5.18. The van der Waals surface area contributed by atoms with Crippen molar-refractivity contribution in [1.82, 2.24) is 5.32 Å². The highest BCUT2D eigenvalue weighted by molar-refractivity contribution is 7.98. The van der Waals surface area contributed by atoms with Gasteiger partial charge in [0.15, 0.2) is 0 Å². The van der Waals surface area contributed by atoms with Gasteiger partial charge in [-0.1, -0.05) is 420 Å². The van der Waals surface area contributed by atoms with Crippen molar-refractivity contribution in [2.45, 2.75) is 542 Å². The Labute approximate surface area is 915 Å². The Morgan fingerprint density at radius 1 is 0.342 bits per heavy atom. The van der Waals surface area contributed by atoms with Crippen LogP contribution in [-0.2, 0) is 19.1 Å². The monoisotopic (exact) mass is 2130 g/mol. The van der Waals surface area contributed by atoms with Gasteiger partial charge in [-0.2, -0.15) is 24.9 Å². The number of alkyl halides is 3. The highest BCUT2D eigenvalue weighted by atomic mass is 32.2. The molecule has 0 radical (unpaired) electrons. The third-order valence-electron chi connectivity index (χ3n) is 29.6. The number of carbonyl (C=O) groups excluding carboxylic acids is 3. The van der Waals surface area contributed by atoms with Crippen molar-refractivity contribution in [3.05, 3.63) is 0 Å². The molecule has 1 aliphatic rings. The van der Waals surface area contributed by atoms with Crippen LogP contribution in [-0.4, -0.2) is 165 Å². The zero-order valence-corrected chi connectivity index (χ0v) is 107. The molecule has 2 amide bonds. The number of esters is 1. The Kier molecular flexibility index (Phi) is 136. The minimum atomic E-state index is -4.01. The average molecular weight is 2130 g/mol. The molecule has 0 aromatic rings. The lowest BCUT2D eigenvalue weighted by Crippen LogP contribution is -2.35. The lowest BCUT2D eigenvalue weighted by atomic mass is 9.84. The van der Waals surface area contributed by atoms with Gasteiger partial charge in [0.1, 0.15) is 0 Å². The third kappa shape index (κ3) is 113. The maximum absolute atomic E-state index is 12.2. The van der Waals surface area contributed by atoms with Crippen LogP contribution in [0.4, 0.5) is 13.2 Å². The number of halogens is 3. The predicted octanol–water partition coefficient (Wildman–Crippen LogP) is 33.7. The predicted molar refractivity (Wildman–Crippen MR) is 639 cm³/mol. The lowest BCUT2D eigenvalue weighted by Gasteiger charge is -2.24. The molecule has 146 heavy (non-hydrogen) atoms. The zero-order chi connectivity index (χ0) is 117. The topological polar surface area (TPSA) is 301 Å². The Morgan fingerprint density at radius 3 is 0.842 bits per heavy atom. The second-order valence-corrected chi connectivity index (χ2v) is 49.2. The first-order chi connectivity index (χ1) is 67.8. The summed E-state index contributed by atoms with van der Waals surface area (Å²) in [7, 11) is 1.45. The van der Waals surface area contributed by atoms with Crippen molar-refractivity contribution in [3.8, 4) is 0 Å². The first-order valence-electron chi connectivity index (χ1n) is 60.3. The van der Waals surface area contributed by atoms with Crippen LogP contribution in [0.15, 0.2) is 0 Å². The smallest absolute Gasteiger partial charge is 0.392 e. The summed E-state index contributed by atoms with van der Waals surface area (Å²) in [5.74, 6) is 15.4. The summed E-state index contributed by atoms with van der Waals surface area (Å²) in [6.07, 6.45) is 32.9. The van der Waals surface area contributed by atoms with Crippen molar-refractivity contribution < 1.29 is 83.4 Å². The largest absolute Gasteiger partial charge is 0.469 e. The molecule has 0 spiro atoms. The Morgan fingerprint density at radius 2 is 0.658 bits per heavy atom. The van der Waals surface area contributed by atoms with E-state index in [-0.39, 0.29) is 72.8 Å². The van der Waals surface area contributed by atoms with Gasteiger partial charge >= 0.3 is 12.1 Å². The lowest BCUT2D eigenvalue weighted by molar-refractivity contribution is -0.187. The number of aliphatic hydroxyl groups is 10. The molecule has 18 atom stereocenters. The van der Waals surface area contributed by atoms with Crippen molar-refractivity contribution in [2.75, 3.05) is 71.9 Å². The number of primary amides is 1. The number of methoxy groups -OCH3 is 1. The highest BCUT2D eigenvalue weighted by Crippen LogP contribution is 2.38. The van der Waals surface area contributed by atoms with Crippen LogP contribution in [0.3, 0.4) is 0 Å². The number of hydrogen-bond acceptors (Lipinski definition) is 15. The van der Waals surface area contributed by atoms with Gasteiger partial charge in [-0.3, -0.25) is 14.4 Å². The van der Waals surface area contributed by atoms with Crippen LogP contribution in [0, 0.1) is 183 Å². The number of thioether (sulfide) groups is 1. The van der Waals surface area contributed by atoms with E-state index in [9.17, 15) is 42.9 Å². The quantitative estimate of drug-likeness (QED) is 0.0252. The number of rotatable bonds is 62. The van der Waals surface area contributed by atoms with Crippen molar-refractivity contribution >= 4 is 29.5 Å². The van der Waals surface area contributed by atoms with E-state index in [2.05, 4.69) is 279 Å². The highest BCUT2D eigenvalue weighted by Gasteiger charge is 2.40. The van der Waals surface area contributed by atoms with Crippen LogP contribution in [0.25, 0.3) is 0 Å². The summed E-state index contributed by atoms with van der Waals surface area (Å²) in [4.78, 5) is 33.5. The Balaban J connectivity index is -0.000000119. The van der Waals surface area contributed by atoms with E-state index in [0.29, 0.717) is 189 Å². The van der Waals surface area contributed by atoms with Gasteiger partial charge in [0.2, 0.25) is 11.8 Å². The molecule has 0 aliphatic heterocycles. The second-order valence-electron chi connectivity index (χ2n) is 48.2. The molecule has 13 N–H and O–H groups in total. The van der Waals surface area contributed by atoms with Crippen molar-refractivity contribution in [3.63, 3.8) is 0 Å². The summed E-state index contributed by atoms with van der Waals surface area (Å²) < 4.78 is 41.2. The number of hydrogen-bond donors (Lipinski definition) is 12. The molecule has 20 heteroatoms. The van der Waals surface area contributed by atoms with E-state index >= 15 is 0 Å². The number of carbonyl (C=O) groups is 3. The van der Waals surface area contributed by atoms with Crippen LogP contribution in [0.5, 0.6) is 0 Å². The van der Waals surface area contributed by atoms with Crippen LogP contribution >= 0.6 is 11.8 Å². The number of amides is 2. The van der Waals surface area contributed by atoms with Crippen molar-refractivity contribution in [1.29, 1.82) is 0 Å². The van der Waals surface area contributed by atoms with E-state index in [4.69, 9.17) is 41.5 Å². The maximum atomic E-state index is 12.2. The van der Waals surface area contributed by atoms with Crippen molar-refractivity contribution in [2.24, 2.45) is 189 Å². The fourth-order valence-corrected chi connectivity index (χ4v) is 17.9.